The van der Waals surface area contributed by atoms with E-state index < -0.39 is 11.4 Å². The summed E-state index contributed by atoms with van der Waals surface area (Å²) in [6.45, 7) is 3.53. The molecule has 0 fully saturated rings. The van der Waals surface area contributed by atoms with E-state index in [9.17, 15) is 9.59 Å². The van der Waals surface area contributed by atoms with Gasteiger partial charge >= 0.3 is 5.97 Å². The lowest BCUT2D eigenvalue weighted by Crippen LogP contribution is -2.19. The van der Waals surface area contributed by atoms with Crippen LogP contribution in [0.25, 0.3) is 22.3 Å². The van der Waals surface area contributed by atoms with Gasteiger partial charge in [0.05, 0.1) is 5.39 Å². The van der Waals surface area contributed by atoms with Crippen LogP contribution < -0.4 is 5.43 Å². The molecular weight excluding hydrogens is 292 g/mol. The minimum absolute atomic E-state index is 0.0271. The molecule has 0 aliphatic heterocycles. The summed E-state index contributed by atoms with van der Waals surface area (Å²) in [5, 5.41) is 0.345. The summed E-state index contributed by atoms with van der Waals surface area (Å²) in [7, 11) is 0. The van der Waals surface area contributed by atoms with Crippen LogP contribution in [-0.2, 0) is 4.74 Å². The fourth-order valence-electron chi connectivity index (χ4n) is 2.33. The third-order valence-corrected chi connectivity index (χ3v) is 3.37. The largest absolute Gasteiger partial charge is 0.458 e. The first kappa shape index (κ1) is 14.8. The molecule has 0 bridgehead atoms. The Hall–Kier alpha value is -3.14. The molecule has 0 atom stereocenters. The normalized spacial score (nSPS) is 10.4. The van der Waals surface area contributed by atoms with E-state index in [1.165, 1.54) is 6.08 Å². The van der Waals surface area contributed by atoms with E-state index in [-0.39, 0.29) is 17.9 Å². The van der Waals surface area contributed by atoms with Gasteiger partial charge in [-0.3, -0.25) is 4.79 Å². The summed E-state index contributed by atoms with van der Waals surface area (Å²) in [5.41, 5.74) is 0.564. The minimum Gasteiger partial charge on any atom is -0.458 e. The number of para-hydroxylation sites is 1. The summed E-state index contributed by atoms with van der Waals surface area (Å²) >= 11 is 0. The Labute approximate surface area is 132 Å². The van der Waals surface area contributed by atoms with Gasteiger partial charge < -0.3 is 9.15 Å². The smallest absolute Gasteiger partial charge is 0.346 e. The van der Waals surface area contributed by atoms with Gasteiger partial charge in [-0.05, 0) is 12.1 Å². The summed E-state index contributed by atoms with van der Waals surface area (Å²) in [6.07, 6.45) is 1.45. The molecule has 0 saturated heterocycles. The first-order valence-corrected chi connectivity index (χ1v) is 7.11. The van der Waals surface area contributed by atoms with Gasteiger partial charge in [-0.25, -0.2) is 4.79 Å². The fourth-order valence-corrected chi connectivity index (χ4v) is 2.33. The second-order valence-electron chi connectivity index (χ2n) is 4.88. The van der Waals surface area contributed by atoms with Crippen molar-refractivity contribution < 1.29 is 13.9 Å². The van der Waals surface area contributed by atoms with Crippen molar-refractivity contribution in [3.05, 3.63) is 83.0 Å². The average Bonchev–Trinajstić information content (AvgIpc) is 2.60. The van der Waals surface area contributed by atoms with Crippen LogP contribution in [0.5, 0.6) is 0 Å². The molecule has 1 aromatic heterocycles. The summed E-state index contributed by atoms with van der Waals surface area (Å²) in [4.78, 5) is 25.1. The number of hydrogen-bond acceptors (Lipinski definition) is 4. The zero-order valence-electron chi connectivity index (χ0n) is 12.3. The standard InChI is InChI=1S/C19H14O4/c1-2-12-22-19(21)16-17(20)14-10-6-7-11-15(14)23-18(16)13-8-4-3-5-9-13/h2-11H,1,12H2. The number of hydrogen-bond donors (Lipinski definition) is 0. The molecule has 0 aliphatic carbocycles. The maximum atomic E-state index is 12.7. The quantitative estimate of drug-likeness (QED) is 0.543. The van der Waals surface area contributed by atoms with Crippen molar-refractivity contribution in [2.75, 3.05) is 6.61 Å². The van der Waals surface area contributed by atoms with E-state index >= 15 is 0 Å². The predicted molar refractivity (Wildman–Crippen MR) is 88.4 cm³/mol. The van der Waals surface area contributed by atoms with Gasteiger partial charge in [0.15, 0.2) is 11.3 Å². The zero-order valence-corrected chi connectivity index (χ0v) is 12.3. The molecule has 1 heterocycles. The molecule has 0 amide bonds. The Bertz CT molecular complexity index is 923. The molecule has 3 rings (SSSR count). The molecular formula is C19H14O4. The molecule has 0 spiro atoms. The van der Waals surface area contributed by atoms with Gasteiger partial charge in [0, 0.05) is 5.56 Å². The van der Waals surface area contributed by atoms with Gasteiger partial charge in [-0.2, -0.15) is 0 Å². The zero-order chi connectivity index (χ0) is 16.2. The SMILES string of the molecule is C=CCOC(=O)c1c(-c2ccccc2)oc2ccccc2c1=O. The van der Waals surface area contributed by atoms with Gasteiger partial charge in [0.2, 0.25) is 5.43 Å². The van der Waals surface area contributed by atoms with Crippen molar-refractivity contribution in [1.82, 2.24) is 0 Å². The molecule has 0 radical (unpaired) electrons. The third kappa shape index (κ3) is 2.79. The van der Waals surface area contributed by atoms with E-state index in [0.29, 0.717) is 16.5 Å². The van der Waals surface area contributed by atoms with Crippen molar-refractivity contribution in [3.63, 3.8) is 0 Å². The van der Waals surface area contributed by atoms with Crippen molar-refractivity contribution in [1.29, 1.82) is 0 Å². The van der Waals surface area contributed by atoms with E-state index in [2.05, 4.69) is 6.58 Å². The number of ether oxygens (including phenoxy) is 1. The minimum atomic E-state index is -0.719. The number of esters is 1. The van der Waals surface area contributed by atoms with E-state index in [1.54, 1.807) is 36.4 Å². The highest BCUT2D eigenvalue weighted by molar-refractivity contribution is 5.99. The van der Waals surface area contributed by atoms with E-state index in [1.807, 2.05) is 18.2 Å². The number of carbonyl (C=O) groups excluding carboxylic acids is 1. The Morgan fingerprint density at radius 1 is 1.09 bits per heavy atom. The fraction of sp³-hybridized carbons (Fsp3) is 0.0526. The van der Waals surface area contributed by atoms with Crippen LogP contribution in [0.15, 0.2) is 76.5 Å². The van der Waals surface area contributed by atoms with Gasteiger partial charge in [0.1, 0.15) is 12.2 Å². The van der Waals surface area contributed by atoms with Crippen LogP contribution in [0.2, 0.25) is 0 Å². The molecule has 4 heteroatoms. The lowest BCUT2D eigenvalue weighted by atomic mass is 10.0. The lowest BCUT2D eigenvalue weighted by molar-refractivity contribution is 0.0547. The Morgan fingerprint density at radius 3 is 2.52 bits per heavy atom. The van der Waals surface area contributed by atoms with E-state index in [4.69, 9.17) is 9.15 Å². The monoisotopic (exact) mass is 306 g/mol. The molecule has 23 heavy (non-hydrogen) atoms. The molecule has 2 aromatic carbocycles. The van der Waals surface area contributed by atoms with Gasteiger partial charge in [0.25, 0.3) is 0 Å². The number of fused-ring (bicyclic) bond motifs is 1. The van der Waals surface area contributed by atoms with Gasteiger partial charge in [-0.1, -0.05) is 55.1 Å². The first-order chi connectivity index (χ1) is 11.2. The second kappa shape index (κ2) is 6.32. The molecule has 0 unspecified atom stereocenters. The Morgan fingerprint density at radius 2 is 1.78 bits per heavy atom. The highest BCUT2D eigenvalue weighted by atomic mass is 16.5. The van der Waals surface area contributed by atoms with Crippen molar-refractivity contribution >= 4 is 16.9 Å². The van der Waals surface area contributed by atoms with Crippen LogP contribution in [0.3, 0.4) is 0 Å². The molecule has 0 aliphatic rings. The third-order valence-electron chi connectivity index (χ3n) is 3.37. The second-order valence-corrected chi connectivity index (χ2v) is 4.88. The van der Waals surface area contributed by atoms with Crippen LogP contribution in [-0.4, -0.2) is 12.6 Å². The maximum Gasteiger partial charge on any atom is 0.346 e. The van der Waals surface area contributed by atoms with E-state index in [0.717, 1.165) is 0 Å². The van der Waals surface area contributed by atoms with Crippen LogP contribution >= 0.6 is 0 Å². The molecule has 3 aromatic rings. The topological polar surface area (TPSA) is 56.5 Å². The number of benzene rings is 2. The molecule has 114 valence electrons. The summed E-state index contributed by atoms with van der Waals surface area (Å²) in [6, 6.07) is 15.8. The van der Waals surface area contributed by atoms with Crippen LogP contribution in [0.1, 0.15) is 10.4 Å². The number of carbonyl (C=O) groups is 1. The molecule has 0 N–H and O–H groups in total. The van der Waals surface area contributed by atoms with Crippen LogP contribution in [0, 0.1) is 0 Å². The van der Waals surface area contributed by atoms with Crippen molar-refractivity contribution in [2.24, 2.45) is 0 Å². The maximum absolute atomic E-state index is 12.7. The van der Waals surface area contributed by atoms with Crippen LogP contribution in [0.4, 0.5) is 0 Å². The Kier molecular flexibility index (Phi) is 4.06. The first-order valence-electron chi connectivity index (χ1n) is 7.11. The average molecular weight is 306 g/mol. The van der Waals surface area contributed by atoms with Gasteiger partial charge in [-0.15, -0.1) is 0 Å². The van der Waals surface area contributed by atoms with Crippen molar-refractivity contribution in [2.45, 2.75) is 0 Å². The molecule has 4 nitrogen and oxygen atoms in total. The molecule has 0 saturated carbocycles. The Balaban J connectivity index is 2.30. The highest BCUT2D eigenvalue weighted by Gasteiger charge is 2.23. The highest BCUT2D eigenvalue weighted by Crippen LogP contribution is 2.26. The summed E-state index contributed by atoms with van der Waals surface area (Å²) < 4.78 is 10.9. The lowest BCUT2D eigenvalue weighted by Gasteiger charge is -2.09. The predicted octanol–water partition coefficient (Wildman–Crippen LogP) is 3.80. The van der Waals surface area contributed by atoms with Crippen molar-refractivity contribution in [3.8, 4) is 11.3 Å². The number of rotatable bonds is 4. The summed E-state index contributed by atoms with van der Waals surface area (Å²) in [5.74, 6) is -0.508.